The molecule has 0 amide bonds. The standard InChI is InChI=1S/C14H12F3N3O5S/c1-26(23,24)11-3-8(2-10(4-11)25-14(15,16)17)5-18-13-19-6-9(7-20-13)12(21)22/h2-4,6-7H,5H2,1H3,(H,21,22)(H,18,19,20). The van der Waals surface area contributed by atoms with Crippen LogP contribution in [0.5, 0.6) is 5.75 Å². The fraction of sp³-hybridized carbons (Fsp3) is 0.214. The molecular formula is C14H12F3N3O5S. The average molecular weight is 391 g/mol. The van der Waals surface area contributed by atoms with E-state index in [4.69, 9.17) is 5.11 Å². The van der Waals surface area contributed by atoms with Gasteiger partial charge in [-0.25, -0.2) is 23.2 Å². The molecule has 140 valence electrons. The molecule has 2 N–H and O–H groups in total. The molecule has 0 spiro atoms. The number of carboxylic acid groups (broad SMARTS) is 1. The van der Waals surface area contributed by atoms with Gasteiger partial charge in [-0.15, -0.1) is 13.2 Å². The van der Waals surface area contributed by atoms with Crippen LogP contribution < -0.4 is 10.1 Å². The zero-order chi connectivity index (χ0) is 19.5. The molecule has 2 aromatic rings. The lowest BCUT2D eigenvalue weighted by atomic mass is 10.2. The number of halogens is 3. The monoisotopic (exact) mass is 391 g/mol. The van der Waals surface area contributed by atoms with Gasteiger partial charge in [0, 0.05) is 25.2 Å². The van der Waals surface area contributed by atoms with Crippen LogP contribution >= 0.6 is 0 Å². The van der Waals surface area contributed by atoms with Gasteiger partial charge in [0.05, 0.1) is 10.5 Å². The Morgan fingerprint density at radius 3 is 2.35 bits per heavy atom. The number of hydrogen-bond donors (Lipinski definition) is 2. The Morgan fingerprint density at radius 1 is 1.23 bits per heavy atom. The number of sulfone groups is 1. The molecule has 0 atom stereocenters. The van der Waals surface area contributed by atoms with Gasteiger partial charge in [0.25, 0.3) is 0 Å². The highest BCUT2D eigenvalue weighted by molar-refractivity contribution is 7.90. The van der Waals surface area contributed by atoms with Crippen molar-refractivity contribution >= 4 is 21.8 Å². The van der Waals surface area contributed by atoms with Gasteiger partial charge in [-0.1, -0.05) is 0 Å². The summed E-state index contributed by atoms with van der Waals surface area (Å²) in [5.41, 5.74) is 0.0218. The number of benzene rings is 1. The fourth-order valence-corrected chi connectivity index (χ4v) is 2.55. The van der Waals surface area contributed by atoms with Gasteiger partial charge >= 0.3 is 12.3 Å². The van der Waals surface area contributed by atoms with Gasteiger partial charge < -0.3 is 15.2 Å². The molecular weight excluding hydrogens is 379 g/mol. The molecule has 0 saturated carbocycles. The molecule has 0 fully saturated rings. The Labute approximate surface area is 145 Å². The van der Waals surface area contributed by atoms with E-state index in [0.717, 1.165) is 30.8 Å². The predicted molar refractivity (Wildman–Crippen MR) is 82.6 cm³/mol. The summed E-state index contributed by atoms with van der Waals surface area (Å²) in [5.74, 6) is -1.89. The Hall–Kier alpha value is -2.89. The van der Waals surface area contributed by atoms with E-state index in [1.807, 2.05) is 0 Å². The van der Waals surface area contributed by atoms with E-state index in [1.54, 1.807) is 0 Å². The first-order valence-corrected chi connectivity index (χ1v) is 8.72. The highest BCUT2D eigenvalue weighted by Gasteiger charge is 2.31. The number of nitrogens with zero attached hydrogens (tertiary/aromatic N) is 2. The molecule has 26 heavy (non-hydrogen) atoms. The number of hydrogen-bond acceptors (Lipinski definition) is 7. The number of anilines is 1. The maximum Gasteiger partial charge on any atom is 0.573 e. The van der Waals surface area contributed by atoms with Crippen molar-refractivity contribution in [2.75, 3.05) is 11.6 Å². The number of rotatable bonds is 6. The number of aromatic nitrogens is 2. The number of nitrogens with one attached hydrogen (secondary N) is 1. The minimum atomic E-state index is -4.98. The first-order chi connectivity index (χ1) is 11.9. The second kappa shape index (κ2) is 7.15. The summed E-state index contributed by atoms with van der Waals surface area (Å²) in [6, 6.07) is 2.96. The minimum absolute atomic E-state index is 0.0121. The molecule has 1 aromatic carbocycles. The third-order valence-corrected chi connectivity index (χ3v) is 4.04. The van der Waals surface area contributed by atoms with Crippen molar-refractivity contribution in [1.82, 2.24) is 9.97 Å². The van der Waals surface area contributed by atoms with Crippen molar-refractivity contribution in [3.63, 3.8) is 0 Å². The zero-order valence-corrected chi connectivity index (χ0v) is 13.9. The van der Waals surface area contributed by atoms with Crippen LogP contribution in [-0.4, -0.2) is 42.1 Å². The lowest BCUT2D eigenvalue weighted by Crippen LogP contribution is -2.17. The third kappa shape index (κ3) is 5.58. The summed E-state index contributed by atoms with van der Waals surface area (Å²) >= 11 is 0. The summed E-state index contributed by atoms with van der Waals surface area (Å²) in [5, 5.41) is 11.4. The van der Waals surface area contributed by atoms with Gasteiger partial charge in [0.2, 0.25) is 5.95 Å². The Balaban J connectivity index is 2.24. The zero-order valence-electron chi connectivity index (χ0n) is 13.1. The van der Waals surface area contributed by atoms with Crippen LogP contribution in [0, 0.1) is 0 Å². The Bertz CT molecular complexity index is 914. The fourth-order valence-electron chi connectivity index (χ4n) is 1.85. The van der Waals surface area contributed by atoms with Crippen LogP contribution in [0.1, 0.15) is 15.9 Å². The first kappa shape index (κ1) is 19.4. The van der Waals surface area contributed by atoms with Crippen molar-refractivity contribution in [2.45, 2.75) is 17.8 Å². The SMILES string of the molecule is CS(=O)(=O)c1cc(CNc2ncc(C(=O)O)cn2)cc(OC(F)(F)F)c1. The van der Waals surface area contributed by atoms with Crippen molar-refractivity contribution < 1.29 is 36.2 Å². The third-order valence-electron chi connectivity index (χ3n) is 2.95. The van der Waals surface area contributed by atoms with E-state index >= 15 is 0 Å². The van der Waals surface area contributed by atoms with E-state index in [2.05, 4.69) is 20.0 Å². The highest BCUT2D eigenvalue weighted by Crippen LogP contribution is 2.27. The molecule has 1 heterocycles. The normalized spacial score (nSPS) is 11.8. The number of carbonyl (C=O) groups is 1. The number of carboxylic acids is 1. The average Bonchev–Trinajstić information content (AvgIpc) is 2.50. The van der Waals surface area contributed by atoms with Crippen LogP contribution in [0.3, 0.4) is 0 Å². The van der Waals surface area contributed by atoms with E-state index in [0.29, 0.717) is 0 Å². The van der Waals surface area contributed by atoms with Crippen molar-refractivity contribution in [3.05, 3.63) is 41.7 Å². The van der Waals surface area contributed by atoms with E-state index < -0.39 is 27.9 Å². The largest absolute Gasteiger partial charge is 0.573 e. The summed E-state index contributed by atoms with van der Waals surface area (Å²) < 4.78 is 64.3. The molecule has 0 unspecified atom stereocenters. The number of alkyl halides is 3. The second-order valence-corrected chi connectivity index (χ2v) is 7.10. The van der Waals surface area contributed by atoms with Gasteiger partial charge in [-0.3, -0.25) is 0 Å². The van der Waals surface area contributed by atoms with Crippen LogP contribution in [0.2, 0.25) is 0 Å². The molecule has 0 aliphatic heterocycles. The lowest BCUT2D eigenvalue weighted by molar-refractivity contribution is -0.274. The van der Waals surface area contributed by atoms with Crippen LogP contribution in [0.15, 0.2) is 35.5 Å². The quantitative estimate of drug-likeness (QED) is 0.768. The van der Waals surface area contributed by atoms with Gasteiger partial charge in [0.15, 0.2) is 9.84 Å². The minimum Gasteiger partial charge on any atom is -0.478 e. The number of ether oxygens (including phenoxy) is 1. The molecule has 0 saturated heterocycles. The van der Waals surface area contributed by atoms with Crippen molar-refractivity contribution in [1.29, 1.82) is 0 Å². The Kier molecular flexibility index (Phi) is 5.35. The van der Waals surface area contributed by atoms with E-state index in [-0.39, 0.29) is 28.5 Å². The van der Waals surface area contributed by atoms with Crippen LogP contribution in [0.25, 0.3) is 0 Å². The van der Waals surface area contributed by atoms with Gasteiger partial charge in [-0.2, -0.15) is 0 Å². The van der Waals surface area contributed by atoms with Crippen molar-refractivity contribution in [2.24, 2.45) is 0 Å². The maximum absolute atomic E-state index is 12.4. The van der Waals surface area contributed by atoms with Crippen LogP contribution in [0.4, 0.5) is 19.1 Å². The first-order valence-electron chi connectivity index (χ1n) is 6.83. The molecule has 0 aliphatic rings. The molecule has 12 heteroatoms. The molecule has 2 rings (SSSR count). The Morgan fingerprint density at radius 2 is 1.85 bits per heavy atom. The topological polar surface area (TPSA) is 118 Å². The van der Waals surface area contributed by atoms with Crippen molar-refractivity contribution in [3.8, 4) is 5.75 Å². The summed E-state index contributed by atoms with van der Waals surface area (Å²) in [4.78, 5) is 17.8. The second-order valence-electron chi connectivity index (χ2n) is 5.09. The highest BCUT2D eigenvalue weighted by atomic mass is 32.2. The predicted octanol–water partition coefficient (Wildman–Crippen LogP) is 2.09. The molecule has 1 aromatic heterocycles. The molecule has 0 aliphatic carbocycles. The molecule has 0 radical (unpaired) electrons. The van der Waals surface area contributed by atoms with Gasteiger partial charge in [-0.05, 0) is 23.8 Å². The van der Waals surface area contributed by atoms with E-state index in [1.165, 1.54) is 6.07 Å². The summed E-state index contributed by atoms with van der Waals surface area (Å²) in [7, 11) is -3.77. The van der Waals surface area contributed by atoms with Gasteiger partial charge in [0.1, 0.15) is 5.75 Å². The maximum atomic E-state index is 12.4. The van der Waals surface area contributed by atoms with E-state index in [9.17, 15) is 26.4 Å². The smallest absolute Gasteiger partial charge is 0.478 e. The summed E-state index contributed by atoms with van der Waals surface area (Å²) in [6.07, 6.45) is -2.03. The lowest BCUT2D eigenvalue weighted by Gasteiger charge is -2.12. The summed E-state index contributed by atoms with van der Waals surface area (Å²) in [6.45, 7) is -0.121. The number of aromatic carboxylic acids is 1. The molecule has 0 bridgehead atoms. The van der Waals surface area contributed by atoms with Crippen LogP contribution in [-0.2, 0) is 16.4 Å². The molecule has 8 nitrogen and oxygen atoms in total.